The number of benzene rings is 1. The van der Waals surface area contributed by atoms with Gasteiger partial charge in [0, 0.05) is 45.0 Å². The van der Waals surface area contributed by atoms with Gasteiger partial charge in [-0.25, -0.2) is 0 Å². The van der Waals surface area contributed by atoms with Gasteiger partial charge in [-0.05, 0) is 19.2 Å². The second kappa shape index (κ2) is 5.87. The molecule has 0 radical (unpaired) electrons. The standard InChI is InChI=1S/C13H21N3/c1-14-7-8-15-9-11-16(12-10-15)13-5-3-2-4-6-13/h2-6,14H,7-12H2,1H3. The summed E-state index contributed by atoms with van der Waals surface area (Å²) in [7, 11) is 2.01. The first-order valence-electron chi connectivity index (χ1n) is 6.07. The number of hydrogen-bond acceptors (Lipinski definition) is 3. The molecule has 1 N–H and O–H groups in total. The topological polar surface area (TPSA) is 18.5 Å². The number of hydrogen-bond donors (Lipinski definition) is 1. The van der Waals surface area contributed by atoms with E-state index >= 15 is 0 Å². The summed E-state index contributed by atoms with van der Waals surface area (Å²) in [5.74, 6) is 0. The third-order valence-electron chi connectivity index (χ3n) is 3.17. The third kappa shape index (κ3) is 2.97. The number of nitrogens with zero attached hydrogens (tertiary/aromatic N) is 2. The van der Waals surface area contributed by atoms with E-state index in [4.69, 9.17) is 0 Å². The molecule has 88 valence electrons. The molecule has 0 spiro atoms. The van der Waals surface area contributed by atoms with E-state index in [1.807, 2.05) is 7.05 Å². The Morgan fingerprint density at radius 3 is 2.38 bits per heavy atom. The summed E-state index contributed by atoms with van der Waals surface area (Å²) in [4.78, 5) is 4.99. The molecule has 1 aliphatic rings. The van der Waals surface area contributed by atoms with E-state index in [9.17, 15) is 0 Å². The van der Waals surface area contributed by atoms with Gasteiger partial charge in [-0.15, -0.1) is 0 Å². The molecular weight excluding hydrogens is 198 g/mol. The minimum atomic E-state index is 1.09. The van der Waals surface area contributed by atoms with Gasteiger partial charge in [-0.1, -0.05) is 18.2 Å². The van der Waals surface area contributed by atoms with Crippen molar-refractivity contribution in [3.05, 3.63) is 30.3 Å². The van der Waals surface area contributed by atoms with Gasteiger partial charge in [0.2, 0.25) is 0 Å². The van der Waals surface area contributed by atoms with Gasteiger partial charge in [0.05, 0.1) is 0 Å². The van der Waals surface area contributed by atoms with Crippen LogP contribution in [0.15, 0.2) is 30.3 Å². The van der Waals surface area contributed by atoms with Crippen LogP contribution >= 0.6 is 0 Å². The molecule has 1 saturated heterocycles. The first-order chi connectivity index (χ1) is 7.90. The number of para-hydroxylation sites is 1. The highest BCUT2D eigenvalue weighted by molar-refractivity contribution is 5.46. The lowest BCUT2D eigenvalue weighted by Gasteiger charge is -2.36. The average molecular weight is 219 g/mol. The predicted octanol–water partition coefficient (Wildman–Crippen LogP) is 1.03. The van der Waals surface area contributed by atoms with E-state index in [0.29, 0.717) is 0 Å². The molecule has 0 saturated carbocycles. The normalized spacial score (nSPS) is 17.7. The molecule has 2 rings (SSSR count). The van der Waals surface area contributed by atoms with Crippen LogP contribution in [-0.4, -0.2) is 51.2 Å². The maximum atomic E-state index is 3.20. The molecule has 3 heteroatoms. The van der Waals surface area contributed by atoms with Crippen LogP contribution in [0.2, 0.25) is 0 Å². The van der Waals surface area contributed by atoms with E-state index in [1.54, 1.807) is 0 Å². The SMILES string of the molecule is CNCCN1CCN(c2ccccc2)CC1. The van der Waals surface area contributed by atoms with Crippen LogP contribution in [0, 0.1) is 0 Å². The summed E-state index contributed by atoms with van der Waals surface area (Å²) < 4.78 is 0. The van der Waals surface area contributed by atoms with Crippen molar-refractivity contribution in [2.24, 2.45) is 0 Å². The Morgan fingerprint density at radius 1 is 1.06 bits per heavy atom. The maximum absolute atomic E-state index is 3.20. The summed E-state index contributed by atoms with van der Waals surface area (Å²) in [6.07, 6.45) is 0. The highest BCUT2D eigenvalue weighted by Gasteiger charge is 2.15. The number of piperazine rings is 1. The zero-order chi connectivity index (χ0) is 11.2. The summed E-state index contributed by atoms with van der Waals surface area (Å²) in [5, 5.41) is 3.20. The van der Waals surface area contributed by atoms with E-state index in [-0.39, 0.29) is 0 Å². The summed E-state index contributed by atoms with van der Waals surface area (Å²) in [6, 6.07) is 10.7. The van der Waals surface area contributed by atoms with E-state index in [1.165, 1.54) is 25.3 Å². The van der Waals surface area contributed by atoms with Crippen molar-refractivity contribution in [3.8, 4) is 0 Å². The van der Waals surface area contributed by atoms with Gasteiger partial charge in [0.15, 0.2) is 0 Å². The first kappa shape index (κ1) is 11.4. The van der Waals surface area contributed by atoms with Crippen LogP contribution in [0.3, 0.4) is 0 Å². The minimum Gasteiger partial charge on any atom is -0.369 e. The van der Waals surface area contributed by atoms with Crippen LogP contribution in [0.25, 0.3) is 0 Å². The molecule has 0 aromatic heterocycles. The highest BCUT2D eigenvalue weighted by atomic mass is 15.3. The van der Waals surface area contributed by atoms with Crippen LogP contribution < -0.4 is 10.2 Å². The maximum Gasteiger partial charge on any atom is 0.0367 e. The second-order valence-corrected chi connectivity index (χ2v) is 4.27. The molecule has 1 aliphatic heterocycles. The van der Waals surface area contributed by atoms with E-state index < -0.39 is 0 Å². The van der Waals surface area contributed by atoms with Crippen LogP contribution in [-0.2, 0) is 0 Å². The van der Waals surface area contributed by atoms with Gasteiger partial charge < -0.3 is 10.2 Å². The van der Waals surface area contributed by atoms with Crippen molar-refractivity contribution in [2.75, 3.05) is 51.2 Å². The molecule has 1 aromatic carbocycles. The second-order valence-electron chi connectivity index (χ2n) is 4.27. The molecule has 0 unspecified atom stereocenters. The monoisotopic (exact) mass is 219 g/mol. The number of likely N-dealkylation sites (N-methyl/N-ethyl adjacent to an activating group) is 1. The molecule has 1 fully saturated rings. The fourth-order valence-corrected chi connectivity index (χ4v) is 2.14. The first-order valence-corrected chi connectivity index (χ1v) is 6.07. The molecule has 3 nitrogen and oxygen atoms in total. The summed E-state index contributed by atoms with van der Waals surface area (Å²) in [6.45, 7) is 6.90. The molecule has 16 heavy (non-hydrogen) atoms. The Labute approximate surface area is 98.0 Å². The van der Waals surface area contributed by atoms with Crippen LogP contribution in [0.1, 0.15) is 0 Å². The largest absolute Gasteiger partial charge is 0.369 e. The predicted molar refractivity (Wildman–Crippen MR) is 69.0 cm³/mol. The van der Waals surface area contributed by atoms with Gasteiger partial charge in [0.1, 0.15) is 0 Å². The van der Waals surface area contributed by atoms with Crippen molar-refractivity contribution >= 4 is 5.69 Å². The molecule has 0 amide bonds. The van der Waals surface area contributed by atoms with Crippen molar-refractivity contribution in [2.45, 2.75) is 0 Å². The lowest BCUT2D eigenvalue weighted by Crippen LogP contribution is -2.47. The third-order valence-corrected chi connectivity index (χ3v) is 3.17. The van der Waals surface area contributed by atoms with Gasteiger partial charge in [-0.2, -0.15) is 0 Å². The highest BCUT2D eigenvalue weighted by Crippen LogP contribution is 2.15. The molecule has 1 aromatic rings. The van der Waals surface area contributed by atoms with Crippen molar-refractivity contribution in [3.63, 3.8) is 0 Å². The Balaban J connectivity index is 1.81. The summed E-state index contributed by atoms with van der Waals surface area (Å²) >= 11 is 0. The quantitative estimate of drug-likeness (QED) is 0.816. The number of rotatable bonds is 4. The lowest BCUT2D eigenvalue weighted by molar-refractivity contribution is 0.260. The van der Waals surface area contributed by atoms with Crippen LogP contribution in [0.5, 0.6) is 0 Å². The van der Waals surface area contributed by atoms with Crippen molar-refractivity contribution < 1.29 is 0 Å². The fraction of sp³-hybridized carbons (Fsp3) is 0.538. The van der Waals surface area contributed by atoms with Gasteiger partial charge >= 0.3 is 0 Å². The summed E-state index contributed by atoms with van der Waals surface area (Å²) in [5.41, 5.74) is 1.36. The molecule has 0 atom stereocenters. The van der Waals surface area contributed by atoms with Crippen LogP contribution in [0.4, 0.5) is 5.69 Å². The number of nitrogens with one attached hydrogen (secondary N) is 1. The zero-order valence-electron chi connectivity index (χ0n) is 10.0. The smallest absolute Gasteiger partial charge is 0.0367 e. The Hall–Kier alpha value is -1.06. The zero-order valence-corrected chi connectivity index (χ0v) is 10.0. The fourth-order valence-electron chi connectivity index (χ4n) is 2.14. The molecule has 1 heterocycles. The Bertz CT molecular complexity index is 291. The molecule has 0 bridgehead atoms. The average Bonchev–Trinajstić information content (AvgIpc) is 2.38. The number of anilines is 1. The Morgan fingerprint density at radius 2 is 1.75 bits per heavy atom. The van der Waals surface area contributed by atoms with E-state index in [0.717, 1.165) is 19.6 Å². The Kier molecular flexibility index (Phi) is 4.19. The van der Waals surface area contributed by atoms with Gasteiger partial charge in [0.25, 0.3) is 0 Å². The molecule has 0 aliphatic carbocycles. The van der Waals surface area contributed by atoms with E-state index in [2.05, 4.69) is 45.4 Å². The van der Waals surface area contributed by atoms with Crippen molar-refractivity contribution in [1.29, 1.82) is 0 Å². The lowest BCUT2D eigenvalue weighted by atomic mass is 10.2. The molecular formula is C13H21N3. The minimum absolute atomic E-state index is 1.09. The van der Waals surface area contributed by atoms with Gasteiger partial charge in [-0.3, -0.25) is 4.90 Å². The van der Waals surface area contributed by atoms with Crippen molar-refractivity contribution in [1.82, 2.24) is 10.2 Å².